The van der Waals surface area contributed by atoms with Crippen molar-refractivity contribution in [1.82, 2.24) is 19.8 Å². The van der Waals surface area contributed by atoms with E-state index >= 15 is 0 Å². The molecular weight excluding hydrogens is 366 g/mol. The van der Waals surface area contributed by atoms with Crippen LogP contribution in [-0.2, 0) is 17.7 Å². The number of hydrogen-bond acceptors (Lipinski definition) is 8. The molecule has 1 saturated heterocycles. The molecule has 2 aromatic rings. The minimum Gasteiger partial charge on any atom is -0.383 e. The van der Waals surface area contributed by atoms with E-state index in [0.717, 1.165) is 80.0 Å². The van der Waals surface area contributed by atoms with Gasteiger partial charge in [0.15, 0.2) is 5.16 Å². The standard InChI is InChI=1S/C18H27N5OS2/c1-2-4-23-5-3-13-14(12-23)26-17-15(13)16(19)20-18(21-17)25-11-8-22-6-9-24-10-7-22/h2-12H2,1H3,(H2,19,20,21). The van der Waals surface area contributed by atoms with E-state index in [0.29, 0.717) is 5.82 Å². The van der Waals surface area contributed by atoms with Crippen LogP contribution in [0.3, 0.4) is 0 Å². The second-order valence-corrected chi connectivity index (χ2v) is 9.05. The number of fused-ring (bicyclic) bond motifs is 3. The maximum Gasteiger partial charge on any atom is 0.190 e. The third kappa shape index (κ3) is 3.99. The molecule has 6 nitrogen and oxygen atoms in total. The lowest BCUT2D eigenvalue weighted by atomic mass is 10.1. The number of nitrogen functional groups attached to an aromatic ring is 1. The van der Waals surface area contributed by atoms with Crippen LogP contribution in [0.5, 0.6) is 0 Å². The Labute approximate surface area is 163 Å². The highest BCUT2D eigenvalue weighted by molar-refractivity contribution is 7.99. The first-order valence-electron chi connectivity index (χ1n) is 9.47. The number of morpholine rings is 1. The first-order valence-corrected chi connectivity index (χ1v) is 11.3. The second-order valence-electron chi connectivity index (χ2n) is 6.90. The fraction of sp³-hybridized carbons (Fsp3) is 0.667. The van der Waals surface area contributed by atoms with Gasteiger partial charge in [0.2, 0.25) is 0 Å². The average molecular weight is 394 g/mol. The van der Waals surface area contributed by atoms with Gasteiger partial charge in [-0.25, -0.2) is 9.97 Å². The van der Waals surface area contributed by atoms with Crippen LogP contribution in [0.2, 0.25) is 0 Å². The molecule has 2 N–H and O–H groups in total. The Balaban J connectivity index is 1.46. The maximum absolute atomic E-state index is 6.34. The van der Waals surface area contributed by atoms with Crippen molar-refractivity contribution in [3.63, 3.8) is 0 Å². The average Bonchev–Trinajstić information content (AvgIpc) is 3.01. The molecule has 0 saturated carbocycles. The number of aromatic nitrogens is 2. The Bertz CT molecular complexity index is 760. The van der Waals surface area contributed by atoms with Crippen molar-refractivity contribution in [2.45, 2.75) is 31.5 Å². The van der Waals surface area contributed by atoms with Gasteiger partial charge in [0.05, 0.1) is 18.6 Å². The van der Waals surface area contributed by atoms with Crippen LogP contribution < -0.4 is 5.73 Å². The van der Waals surface area contributed by atoms with Gasteiger partial charge in [-0.3, -0.25) is 9.80 Å². The molecule has 2 aliphatic heterocycles. The van der Waals surface area contributed by atoms with E-state index in [1.165, 1.54) is 16.9 Å². The van der Waals surface area contributed by atoms with Gasteiger partial charge >= 0.3 is 0 Å². The van der Waals surface area contributed by atoms with Crippen molar-refractivity contribution in [2.24, 2.45) is 0 Å². The van der Waals surface area contributed by atoms with E-state index in [1.807, 2.05) is 0 Å². The van der Waals surface area contributed by atoms with Crippen molar-refractivity contribution < 1.29 is 4.74 Å². The van der Waals surface area contributed by atoms with Crippen molar-refractivity contribution >= 4 is 39.1 Å². The van der Waals surface area contributed by atoms with Crippen molar-refractivity contribution in [1.29, 1.82) is 0 Å². The largest absolute Gasteiger partial charge is 0.383 e. The van der Waals surface area contributed by atoms with Gasteiger partial charge in [-0.05, 0) is 24.9 Å². The Morgan fingerprint density at radius 2 is 2.00 bits per heavy atom. The van der Waals surface area contributed by atoms with Crippen molar-refractivity contribution in [3.8, 4) is 0 Å². The summed E-state index contributed by atoms with van der Waals surface area (Å²) in [6.45, 7) is 10.3. The van der Waals surface area contributed by atoms with Gasteiger partial charge in [0.1, 0.15) is 10.6 Å². The van der Waals surface area contributed by atoms with Crippen molar-refractivity contribution in [3.05, 3.63) is 10.4 Å². The molecule has 26 heavy (non-hydrogen) atoms. The molecule has 0 atom stereocenters. The SMILES string of the molecule is CCCN1CCc2c(sc3nc(SCCN4CCOCC4)nc(N)c23)C1. The van der Waals surface area contributed by atoms with Gasteiger partial charge in [0, 0.05) is 43.4 Å². The van der Waals surface area contributed by atoms with Crippen LogP contribution in [0, 0.1) is 0 Å². The van der Waals surface area contributed by atoms with E-state index in [-0.39, 0.29) is 0 Å². The third-order valence-corrected chi connectivity index (χ3v) is 7.01. The molecule has 0 bridgehead atoms. The predicted molar refractivity (Wildman–Crippen MR) is 109 cm³/mol. The molecule has 2 aliphatic rings. The summed E-state index contributed by atoms with van der Waals surface area (Å²) in [5.41, 5.74) is 7.72. The number of thiophene rings is 1. The lowest BCUT2D eigenvalue weighted by Gasteiger charge is -2.26. The van der Waals surface area contributed by atoms with Gasteiger partial charge in [-0.1, -0.05) is 18.7 Å². The lowest BCUT2D eigenvalue weighted by molar-refractivity contribution is 0.0410. The minimum absolute atomic E-state index is 0.658. The van der Waals surface area contributed by atoms with Crippen LogP contribution in [-0.4, -0.2) is 71.5 Å². The molecule has 8 heteroatoms. The molecule has 4 heterocycles. The second kappa shape index (κ2) is 8.39. The van der Waals surface area contributed by atoms with Gasteiger partial charge in [-0.2, -0.15) is 0 Å². The molecule has 2 aromatic heterocycles. The molecule has 0 amide bonds. The maximum atomic E-state index is 6.34. The quantitative estimate of drug-likeness (QED) is 0.597. The topological polar surface area (TPSA) is 67.5 Å². The summed E-state index contributed by atoms with van der Waals surface area (Å²) in [7, 11) is 0. The molecule has 142 valence electrons. The van der Waals surface area contributed by atoms with Crippen molar-refractivity contribution in [2.75, 3.05) is 57.4 Å². The fourth-order valence-electron chi connectivity index (χ4n) is 3.72. The Morgan fingerprint density at radius 3 is 2.81 bits per heavy atom. The van der Waals surface area contributed by atoms with E-state index in [2.05, 4.69) is 21.7 Å². The number of hydrogen-bond donors (Lipinski definition) is 1. The highest BCUT2D eigenvalue weighted by atomic mass is 32.2. The van der Waals surface area contributed by atoms with Gasteiger partial charge in [0.25, 0.3) is 0 Å². The number of nitrogens with zero attached hydrogens (tertiary/aromatic N) is 4. The number of anilines is 1. The molecule has 0 unspecified atom stereocenters. The summed E-state index contributed by atoms with van der Waals surface area (Å²) in [5, 5.41) is 1.92. The fourth-order valence-corrected chi connectivity index (χ4v) is 5.90. The van der Waals surface area contributed by atoms with Gasteiger partial charge < -0.3 is 10.5 Å². The van der Waals surface area contributed by atoms with E-state index in [4.69, 9.17) is 15.5 Å². The summed E-state index contributed by atoms with van der Waals surface area (Å²) < 4.78 is 5.40. The summed E-state index contributed by atoms with van der Waals surface area (Å²) in [6, 6.07) is 0. The zero-order valence-electron chi connectivity index (χ0n) is 15.4. The summed E-state index contributed by atoms with van der Waals surface area (Å²) in [6.07, 6.45) is 2.26. The molecule has 0 aliphatic carbocycles. The first kappa shape index (κ1) is 18.4. The summed E-state index contributed by atoms with van der Waals surface area (Å²) in [4.78, 5) is 16.9. The van der Waals surface area contributed by atoms with Crippen LogP contribution in [0.4, 0.5) is 5.82 Å². The Morgan fingerprint density at radius 1 is 1.15 bits per heavy atom. The molecule has 4 rings (SSSR count). The summed E-state index contributed by atoms with van der Waals surface area (Å²) in [5.74, 6) is 1.64. The highest BCUT2D eigenvalue weighted by Gasteiger charge is 2.23. The first-order chi connectivity index (χ1) is 12.7. The smallest absolute Gasteiger partial charge is 0.190 e. The van der Waals surface area contributed by atoms with Crippen LogP contribution in [0.15, 0.2) is 5.16 Å². The number of rotatable bonds is 6. The third-order valence-electron chi connectivity index (χ3n) is 5.07. The molecule has 0 aromatic carbocycles. The van der Waals surface area contributed by atoms with Crippen LogP contribution in [0.1, 0.15) is 23.8 Å². The Kier molecular flexibility index (Phi) is 5.95. The van der Waals surface area contributed by atoms with Crippen LogP contribution >= 0.6 is 23.1 Å². The van der Waals surface area contributed by atoms with E-state index in [9.17, 15) is 0 Å². The number of ether oxygens (including phenoxy) is 1. The highest BCUT2D eigenvalue weighted by Crippen LogP contribution is 2.37. The van der Waals surface area contributed by atoms with E-state index < -0.39 is 0 Å². The molecule has 0 spiro atoms. The monoisotopic (exact) mass is 393 g/mol. The number of nitrogens with two attached hydrogens (primary N) is 1. The number of thioether (sulfide) groups is 1. The Hall–Kier alpha value is -0.930. The predicted octanol–water partition coefficient (Wildman–Crippen LogP) is 2.47. The molecular formula is C18H27N5OS2. The normalized spacial score (nSPS) is 19.1. The minimum atomic E-state index is 0.658. The zero-order valence-corrected chi connectivity index (χ0v) is 17.0. The molecule has 0 radical (unpaired) electrons. The van der Waals surface area contributed by atoms with E-state index in [1.54, 1.807) is 23.1 Å². The van der Waals surface area contributed by atoms with Gasteiger partial charge in [-0.15, -0.1) is 11.3 Å². The lowest BCUT2D eigenvalue weighted by Crippen LogP contribution is -2.37. The molecule has 1 fully saturated rings. The summed E-state index contributed by atoms with van der Waals surface area (Å²) >= 11 is 3.52. The zero-order chi connectivity index (χ0) is 17.9. The van der Waals surface area contributed by atoms with Crippen LogP contribution in [0.25, 0.3) is 10.2 Å².